The first-order valence-electron chi connectivity index (χ1n) is 7.96. The Morgan fingerprint density at radius 1 is 1.30 bits per heavy atom. The molecule has 0 heterocycles. The van der Waals surface area contributed by atoms with E-state index < -0.39 is 0 Å². The molecule has 0 atom stereocenters. The number of phenolic OH excluding ortho intramolecular Hbond substituents is 2. The molecule has 0 aliphatic heterocycles. The summed E-state index contributed by atoms with van der Waals surface area (Å²) in [6.45, 7) is 4.57. The standard InChI is InChI=1S/C18H27NO4/c1-13(2)8-6-4-5-7-9-17(21)19-12-14-10-15(20)18(22)16(11-14)23-3/h6,8,10-11,13,20,22H,4-5,7,9,12H2,1-3H3,(H,19,21)/b8-6+. The fourth-order valence-electron chi connectivity index (χ4n) is 2.11. The Kier molecular flexibility index (Phi) is 8.02. The molecule has 1 amide bonds. The van der Waals surface area contributed by atoms with Gasteiger partial charge in [-0.2, -0.15) is 0 Å². The normalized spacial score (nSPS) is 11.1. The van der Waals surface area contributed by atoms with E-state index in [9.17, 15) is 15.0 Å². The Bertz CT molecular complexity index is 538. The second-order valence-electron chi connectivity index (χ2n) is 5.86. The van der Waals surface area contributed by atoms with Gasteiger partial charge in [-0.25, -0.2) is 0 Å². The highest BCUT2D eigenvalue weighted by molar-refractivity contribution is 5.75. The molecule has 5 nitrogen and oxygen atoms in total. The third-order valence-corrected chi connectivity index (χ3v) is 3.37. The summed E-state index contributed by atoms with van der Waals surface area (Å²) < 4.78 is 4.96. The summed E-state index contributed by atoms with van der Waals surface area (Å²) >= 11 is 0. The van der Waals surface area contributed by atoms with Gasteiger partial charge < -0.3 is 20.3 Å². The smallest absolute Gasteiger partial charge is 0.220 e. The molecule has 1 aromatic carbocycles. The van der Waals surface area contributed by atoms with Crippen LogP contribution in [-0.4, -0.2) is 23.2 Å². The minimum absolute atomic E-state index is 0.0237. The largest absolute Gasteiger partial charge is 0.504 e. The fraction of sp³-hybridized carbons (Fsp3) is 0.500. The minimum Gasteiger partial charge on any atom is -0.504 e. The van der Waals surface area contributed by atoms with Crippen LogP contribution in [0.15, 0.2) is 24.3 Å². The monoisotopic (exact) mass is 321 g/mol. The van der Waals surface area contributed by atoms with Crippen molar-refractivity contribution >= 4 is 5.91 Å². The van der Waals surface area contributed by atoms with Gasteiger partial charge in [0.15, 0.2) is 11.5 Å². The summed E-state index contributed by atoms with van der Waals surface area (Å²) in [5.74, 6) is 0.176. The van der Waals surface area contributed by atoms with Crippen LogP contribution in [0.4, 0.5) is 0 Å². The van der Waals surface area contributed by atoms with Crippen LogP contribution in [0.1, 0.15) is 45.1 Å². The van der Waals surface area contributed by atoms with Crippen molar-refractivity contribution in [1.29, 1.82) is 0 Å². The van der Waals surface area contributed by atoms with Crippen LogP contribution in [-0.2, 0) is 11.3 Å². The minimum atomic E-state index is -0.294. The van der Waals surface area contributed by atoms with Crippen molar-refractivity contribution in [1.82, 2.24) is 5.32 Å². The molecule has 0 saturated heterocycles. The van der Waals surface area contributed by atoms with E-state index in [1.807, 2.05) is 0 Å². The van der Waals surface area contributed by atoms with E-state index in [2.05, 4.69) is 31.3 Å². The highest BCUT2D eigenvalue weighted by Gasteiger charge is 2.10. The van der Waals surface area contributed by atoms with E-state index in [1.165, 1.54) is 13.2 Å². The Morgan fingerprint density at radius 2 is 2.04 bits per heavy atom. The molecule has 128 valence electrons. The van der Waals surface area contributed by atoms with Gasteiger partial charge in [0, 0.05) is 13.0 Å². The Labute approximate surface area is 138 Å². The maximum Gasteiger partial charge on any atom is 0.220 e. The molecule has 0 fully saturated rings. The summed E-state index contributed by atoms with van der Waals surface area (Å²) in [7, 11) is 1.41. The maximum atomic E-state index is 11.8. The first kappa shape index (κ1) is 18.9. The average Bonchev–Trinajstić information content (AvgIpc) is 2.51. The SMILES string of the molecule is COc1cc(CNC(=O)CCCC/C=C/C(C)C)cc(O)c1O. The van der Waals surface area contributed by atoms with Crippen molar-refractivity contribution < 1.29 is 19.7 Å². The second kappa shape index (κ2) is 9.77. The fourth-order valence-corrected chi connectivity index (χ4v) is 2.11. The van der Waals surface area contributed by atoms with Crippen LogP contribution < -0.4 is 10.1 Å². The van der Waals surface area contributed by atoms with Gasteiger partial charge in [-0.1, -0.05) is 26.0 Å². The molecular weight excluding hydrogens is 294 g/mol. The van der Waals surface area contributed by atoms with Crippen molar-refractivity contribution in [3.05, 3.63) is 29.8 Å². The lowest BCUT2D eigenvalue weighted by Gasteiger charge is -2.10. The van der Waals surface area contributed by atoms with Crippen molar-refractivity contribution in [3.63, 3.8) is 0 Å². The lowest BCUT2D eigenvalue weighted by Crippen LogP contribution is -2.22. The zero-order valence-corrected chi connectivity index (χ0v) is 14.1. The van der Waals surface area contributed by atoms with E-state index in [1.54, 1.807) is 6.07 Å². The first-order valence-corrected chi connectivity index (χ1v) is 7.96. The van der Waals surface area contributed by atoms with Crippen molar-refractivity contribution in [3.8, 4) is 17.2 Å². The van der Waals surface area contributed by atoms with Crippen molar-refractivity contribution in [2.45, 2.75) is 46.1 Å². The molecule has 0 aliphatic rings. The molecule has 1 aromatic rings. The molecule has 0 unspecified atom stereocenters. The molecule has 0 spiro atoms. The number of carbonyl (C=O) groups is 1. The summed E-state index contributed by atoms with van der Waals surface area (Å²) in [4.78, 5) is 11.8. The molecule has 0 aromatic heterocycles. The zero-order valence-electron chi connectivity index (χ0n) is 14.1. The predicted octanol–water partition coefficient (Wildman–Crippen LogP) is 3.50. The summed E-state index contributed by atoms with van der Waals surface area (Å²) in [6.07, 6.45) is 7.65. The zero-order chi connectivity index (χ0) is 17.2. The number of nitrogens with one attached hydrogen (secondary N) is 1. The van der Waals surface area contributed by atoms with Gasteiger partial charge >= 0.3 is 0 Å². The van der Waals surface area contributed by atoms with Gasteiger partial charge in [0.1, 0.15) is 0 Å². The van der Waals surface area contributed by atoms with Gasteiger partial charge in [0.25, 0.3) is 0 Å². The van der Waals surface area contributed by atoms with Crippen molar-refractivity contribution in [2.24, 2.45) is 5.92 Å². The van der Waals surface area contributed by atoms with Crippen LogP contribution in [0.25, 0.3) is 0 Å². The van der Waals surface area contributed by atoms with Crippen LogP contribution in [0, 0.1) is 5.92 Å². The summed E-state index contributed by atoms with van der Waals surface area (Å²) in [5.41, 5.74) is 0.672. The number of aromatic hydroxyl groups is 2. The molecule has 0 aliphatic carbocycles. The highest BCUT2D eigenvalue weighted by Crippen LogP contribution is 2.36. The number of methoxy groups -OCH3 is 1. The number of hydrogen-bond donors (Lipinski definition) is 3. The van der Waals surface area contributed by atoms with Gasteiger partial charge in [-0.15, -0.1) is 0 Å². The van der Waals surface area contributed by atoms with E-state index in [-0.39, 0.29) is 29.7 Å². The van der Waals surface area contributed by atoms with Crippen LogP contribution in [0.2, 0.25) is 0 Å². The van der Waals surface area contributed by atoms with E-state index in [0.717, 1.165) is 19.3 Å². The predicted molar refractivity (Wildman–Crippen MR) is 90.6 cm³/mol. The molecule has 0 radical (unpaired) electrons. The lowest BCUT2D eigenvalue weighted by atomic mass is 10.1. The molecule has 0 bridgehead atoms. The number of benzene rings is 1. The number of rotatable bonds is 9. The Balaban J connectivity index is 2.32. The van der Waals surface area contributed by atoms with Crippen molar-refractivity contribution in [2.75, 3.05) is 7.11 Å². The number of phenols is 2. The van der Waals surface area contributed by atoms with E-state index in [4.69, 9.17) is 4.74 Å². The molecule has 0 saturated carbocycles. The van der Waals surface area contributed by atoms with Gasteiger partial charge in [0.2, 0.25) is 11.7 Å². The lowest BCUT2D eigenvalue weighted by molar-refractivity contribution is -0.121. The van der Waals surface area contributed by atoms with E-state index in [0.29, 0.717) is 17.9 Å². The summed E-state index contributed by atoms with van der Waals surface area (Å²) in [5, 5.41) is 21.9. The average molecular weight is 321 g/mol. The quantitative estimate of drug-likeness (QED) is 0.369. The third-order valence-electron chi connectivity index (χ3n) is 3.37. The topological polar surface area (TPSA) is 78.8 Å². The van der Waals surface area contributed by atoms with Crippen LogP contribution in [0.3, 0.4) is 0 Å². The molecule has 23 heavy (non-hydrogen) atoms. The molecule has 3 N–H and O–H groups in total. The number of amides is 1. The molecule has 1 rings (SSSR count). The number of unbranched alkanes of at least 4 members (excludes halogenated alkanes) is 2. The Morgan fingerprint density at radius 3 is 2.70 bits per heavy atom. The van der Waals surface area contributed by atoms with Gasteiger partial charge in [0.05, 0.1) is 7.11 Å². The van der Waals surface area contributed by atoms with E-state index >= 15 is 0 Å². The number of hydrogen-bond acceptors (Lipinski definition) is 4. The number of carbonyl (C=O) groups excluding carboxylic acids is 1. The third kappa shape index (κ3) is 7.08. The molecule has 5 heteroatoms. The second-order valence-corrected chi connectivity index (χ2v) is 5.86. The summed E-state index contributed by atoms with van der Waals surface area (Å²) in [6, 6.07) is 3.00. The maximum absolute atomic E-state index is 11.8. The van der Waals surface area contributed by atoms with Gasteiger partial charge in [-0.3, -0.25) is 4.79 Å². The highest BCUT2D eigenvalue weighted by atomic mass is 16.5. The molecular formula is C18H27NO4. The number of allylic oxidation sites excluding steroid dienone is 2. The van der Waals surface area contributed by atoms with Crippen LogP contribution >= 0.6 is 0 Å². The number of ether oxygens (including phenoxy) is 1. The Hall–Kier alpha value is -2.17. The first-order chi connectivity index (χ1) is 10.9. The van der Waals surface area contributed by atoms with Gasteiger partial charge in [-0.05, 0) is 42.9 Å². The van der Waals surface area contributed by atoms with Crippen LogP contribution in [0.5, 0.6) is 17.2 Å².